The number of anilines is 1. The van der Waals surface area contributed by atoms with E-state index in [1.807, 2.05) is 13.0 Å². The van der Waals surface area contributed by atoms with E-state index in [4.69, 9.17) is 5.73 Å². The third kappa shape index (κ3) is 2.41. The van der Waals surface area contributed by atoms with Crippen molar-refractivity contribution in [3.63, 3.8) is 0 Å². The standard InChI is InChI=1S/C15H11BrN2O2S/c1-7-5-10(19)18-15-11(7)12(17)14(21-15)13(20)8-3-2-4-9(16)6-8/h2-6H,17H2,1H3,(H,18,19). The van der Waals surface area contributed by atoms with Crippen LogP contribution in [0.4, 0.5) is 5.69 Å². The van der Waals surface area contributed by atoms with Gasteiger partial charge in [-0.25, -0.2) is 0 Å². The molecule has 0 amide bonds. The van der Waals surface area contributed by atoms with E-state index in [2.05, 4.69) is 20.9 Å². The lowest BCUT2D eigenvalue weighted by Crippen LogP contribution is -2.04. The number of benzene rings is 1. The maximum Gasteiger partial charge on any atom is 0.249 e. The van der Waals surface area contributed by atoms with Crippen LogP contribution in [0.5, 0.6) is 0 Å². The van der Waals surface area contributed by atoms with Crippen LogP contribution in [0.25, 0.3) is 10.2 Å². The van der Waals surface area contributed by atoms with E-state index in [-0.39, 0.29) is 11.3 Å². The number of nitrogens with two attached hydrogens (primary N) is 1. The summed E-state index contributed by atoms with van der Waals surface area (Å²) < 4.78 is 0.831. The summed E-state index contributed by atoms with van der Waals surface area (Å²) in [5, 5.41) is 0.748. The van der Waals surface area contributed by atoms with Gasteiger partial charge in [-0.2, -0.15) is 0 Å². The number of nitrogen functional groups attached to an aromatic ring is 1. The van der Waals surface area contributed by atoms with Gasteiger partial charge in [0.2, 0.25) is 11.3 Å². The van der Waals surface area contributed by atoms with Gasteiger partial charge < -0.3 is 10.7 Å². The molecule has 3 aromatic rings. The van der Waals surface area contributed by atoms with Crippen LogP contribution in [-0.2, 0) is 0 Å². The zero-order valence-electron chi connectivity index (χ0n) is 11.1. The molecule has 6 heteroatoms. The van der Waals surface area contributed by atoms with Crippen LogP contribution >= 0.6 is 27.3 Å². The Labute approximate surface area is 132 Å². The number of rotatable bonds is 2. The van der Waals surface area contributed by atoms with E-state index >= 15 is 0 Å². The fourth-order valence-electron chi connectivity index (χ4n) is 2.27. The molecule has 0 unspecified atom stereocenters. The maximum atomic E-state index is 12.6. The van der Waals surface area contributed by atoms with Gasteiger partial charge in [0.1, 0.15) is 9.71 Å². The average molecular weight is 363 g/mol. The lowest BCUT2D eigenvalue weighted by atomic mass is 10.1. The van der Waals surface area contributed by atoms with Gasteiger partial charge in [-0.1, -0.05) is 28.1 Å². The minimum absolute atomic E-state index is 0.143. The Bertz CT molecular complexity index is 927. The van der Waals surface area contributed by atoms with Crippen molar-refractivity contribution in [2.45, 2.75) is 6.92 Å². The third-order valence-corrected chi connectivity index (χ3v) is 4.83. The third-order valence-electron chi connectivity index (χ3n) is 3.22. The van der Waals surface area contributed by atoms with Crippen LogP contribution in [-0.4, -0.2) is 10.8 Å². The van der Waals surface area contributed by atoms with Gasteiger partial charge in [0.15, 0.2) is 0 Å². The number of aromatic amines is 1. The normalized spacial score (nSPS) is 11.0. The molecule has 0 aliphatic heterocycles. The minimum atomic E-state index is -0.192. The maximum absolute atomic E-state index is 12.6. The molecule has 2 aromatic heterocycles. The molecular formula is C15H11BrN2O2S. The van der Waals surface area contributed by atoms with E-state index in [1.54, 1.807) is 18.2 Å². The second-order valence-electron chi connectivity index (χ2n) is 4.71. The highest BCUT2D eigenvalue weighted by Gasteiger charge is 2.19. The summed E-state index contributed by atoms with van der Waals surface area (Å²) in [6.07, 6.45) is 0. The second-order valence-corrected chi connectivity index (χ2v) is 6.64. The quantitative estimate of drug-likeness (QED) is 0.685. The molecule has 0 spiro atoms. The molecule has 0 fully saturated rings. The van der Waals surface area contributed by atoms with Crippen molar-refractivity contribution in [3.8, 4) is 0 Å². The Hall–Kier alpha value is -1.92. The molecule has 21 heavy (non-hydrogen) atoms. The molecule has 0 aliphatic rings. The van der Waals surface area contributed by atoms with E-state index in [0.717, 1.165) is 15.4 Å². The van der Waals surface area contributed by atoms with Gasteiger partial charge in [0, 0.05) is 21.5 Å². The first-order chi connectivity index (χ1) is 9.97. The van der Waals surface area contributed by atoms with Crippen LogP contribution in [0.2, 0.25) is 0 Å². The van der Waals surface area contributed by atoms with Gasteiger partial charge in [-0.05, 0) is 24.6 Å². The molecule has 3 N–H and O–H groups in total. The number of carbonyl (C=O) groups is 1. The summed E-state index contributed by atoms with van der Waals surface area (Å²) >= 11 is 4.57. The van der Waals surface area contributed by atoms with Crippen molar-refractivity contribution in [1.29, 1.82) is 0 Å². The topological polar surface area (TPSA) is 76.0 Å². The molecule has 0 saturated carbocycles. The van der Waals surface area contributed by atoms with Crippen molar-refractivity contribution in [2.75, 3.05) is 5.73 Å². The number of carbonyl (C=O) groups excluding carboxylic acids is 1. The van der Waals surface area contributed by atoms with E-state index in [1.165, 1.54) is 17.4 Å². The summed E-state index contributed by atoms with van der Waals surface area (Å²) in [4.78, 5) is 27.9. The lowest BCUT2D eigenvalue weighted by Gasteiger charge is -2.01. The first-order valence-corrected chi connectivity index (χ1v) is 7.80. The highest BCUT2D eigenvalue weighted by Crippen LogP contribution is 2.35. The van der Waals surface area contributed by atoms with Crippen molar-refractivity contribution in [2.24, 2.45) is 0 Å². The van der Waals surface area contributed by atoms with Gasteiger partial charge >= 0.3 is 0 Å². The number of halogens is 1. The number of ketones is 1. The summed E-state index contributed by atoms with van der Waals surface area (Å²) in [6.45, 7) is 1.81. The van der Waals surface area contributed by atoms with Crippen LogP contribution in [0.3, 0.4) is 0 Å². The molecule has 106 valence electrons. The number of H-pyrrole nitrogens is 1. The zero-order chi connectivity index (χ0) is 15.1. The molecule has 0 bridgehead atoms. The van der Waals surface area contributed by atoms with Crippen LogP contribution in [0.1, 0.15) is 20.8 Å². The Morgan fingerprint density at radius 1 is 1.33 bits per heavy atom. The Balaban J connectivity index is 2.21. The molecule has 0 aliphatic carbocycles. The molecule has 0 saturated heterocycles. The second kappa shape index (κ2) is 5.13. The largest absolute Gasteiger partial charge is 0.397 e. The Morgan fingerprint density at radius 2 is 2.10 bits per heavy atom. The fraction of sp³-hybridized carbons (Fsp3) is 0.0667. The summed E-state index contributed by atoms with van der Waals surface area (Å²) in [5.74, 6) is -0.143. The Morgan fingerprint density at radius 3 is 2.81 bits per heavy atom. The predicted octanol–water partition coefficient (Wildman–Crippen LogP) is 3.47. The van der Waals surface area contributed by atoms with Gasteiger partial charge in [-0.3, -0.25) is 9.59 Å². The number of fused-ring (bicyclic) bond motifs is 1. The van der Waals surface area contributed by atoms with E-state index in [0.29, 0.717) is 21.0 Å². The first kappa shape index (κ1) is 14.0. The highest BCUT2D eigenvalue weighted by atomic mass is 79.9. The van der Waals surface area contributed by atoms with E-state index in [9.17, 15) is 9.59 Å². The first-order valence-electron chi connectivity index (χ1n) is 6.19. The van der Waals surface area contributed by atoms with Crippen molar-refractivity contribution in [1.82, 2.24) is 4.98 Å². The number of aromatic nitrogens is 1. The van der Waals surface area contributed by atoms with Crippen LogP contribution in [0, 0.1) is 6.92 Å². The number of nitrogens with one attached hydrogen (secondary N) is 1. The molecule has 0 radical (unpaired) electrons. The Kier molecular flexibility index (Phi) is 3.43. The van der Waals surface area contributed by atoms with Crippen LogP contribution in [0.15, 0.2) is 39.6 Å². The van der Waals surface area contributed by atoms with Gasteiger partial charge in [0.05, 0.1) is 5.69 Å². The number of pyridine rings is 1. The predicted molar refractivity (Wildman–Crippen MR) is 89.2 cm³/mol. The molecule has 0 atom stereocenters. The van der Waals surface area contributed by atoms with Crippen molar-refractivity contribution in [3.05, 3.63) is 61.2 Å². The van der Waals surface area contributed by atoms with Crippen molar-refractivity contribution >= 4 is 49.0 Å². The smallest absolute Gasteiger partial charge is 0.249 e. The van der Waals surface area contributed by atoms with Gasteiger partial charge in [-0.15, -0.1) is 11.3 Å². The zero-order valence-corrected chi connectivity index (χ0v) is 13.5. The highest BCUT2D eigenvalue weighted by molar-refractivity contribution is 9.10. The molecule has 3 rings (SSSR count). The molecular weight excluding hydrogens is 352 g/mol. The molecule has 2 heterocycles. The summed E-state index contributed by atoms with van der Waals surface area (Å²) in [6, 6.07) is 8.63. The lowest BCUT2D eigenvalue weighted by molar-refractivity contribution is 0.104. The van der Waals surface area contributed by atoms with Gasteiger partial charge in [0.25, 0.3) is 0 Å². The van der Waals surface area contributed by atoms with E-state index < -0.39 is 0 Å². The number of aryl methyl sites for hydroxylation is 1. The SMILES string of the molecule is Cc1cc(=O)[nH]c2sc(C(=O)c3cccc(Br)c3)c(N)c12. The summed E-state index contributed by atoms with van der Waals surface area (Å²) in [7, 11) is 0. The number of hydrogen-bond donors (Lipinski definition) is 2. The minimum Gasteiger partial charge on any atom is -0.397 e. The van der Waals surface area contributed by atoms with Crippen LogP contribution < -0.4 is 11.3 Å². The molecule has 4 nitrogen and oxygen atoms in total. The monoisotopic (exact) mass is 362 g/mol. The fourth-order valence-corrected chi connectivity index (χ4v) is 3.82. The molecule has 1 aromatic carbocycles. The van der Waals surface area contributed by atoms with Crippen molar-refractivity contribution < 1.29 is 4.79 Å². The number of thiophene rings is 1. The number of hydrogen-bond acceptors (Lipinski definition) is 4. The summed E-state index contributed by atoms with van der Waals surface area (Å²) in [5.41, 5.74) is 7.69. The average Bonchev–Trinajstić information content (AvgIpc) is 2.75.